The summed E-state index contributed by atoms with van der Waals surface area (Å²) in [6, 6.07) is 7.86. The molecular weight excluding hydrogens is 252 g/mol. The molecule has 0 saturated heterocycles. The molecule has 0 bridgehead atoms. The number of hydrogen-bond acceptors (Lipinski definition) is 3. The van der Waals surface area contributed by atoms with Crippen molar-refractivity contribution in [1.29, 1.82) is 0 Å². The Morgan fingerprint density at radius 2 is 2.20 bits per heavy atom. The van der Waals surface area contributed by atoms with Crippen LogP contribution in [-0.4, -0.2) is 42.7 Å². The Morgan fingerprint density at radius 3 is 2.80 bits per heavy atom. The fraction of sp³-hybridized carbons (Fsp3) is 0.562. The quantitative estimate of drug-likeness (QED) is 0.796. The van der Waals surface area contributed by atoms with E-state index in [1.54, 1.807) is 0 Å². The van der Waals surface area contributed by atoms with E-state index in [1.165, 1.54) is 0 Å². The van der Waals surface area contributed by atoms with Crippen LogP contribution in [0, 0.1) is 5.92 Å². The highest BCUT2D eigenvalue weighted by atomic mass is 16.3. The Balaban J connectivity index is 2.00. The minimum atomic E-state index is -0.0315. The molecule has 0 radical (unpaired) electrons. The van der Waals surface area contributed by atoms with Gasteiger partial charge in [-0.15, -0.1) is 0 Å². The number of aliphatic hydroxyl groups is 1. The van der Waals surface area contributed by atoms with Gasteiger partial charge in [0.15, 0.2) is 0 Å². The van der Waals surface area contributed by atoms with Crippen LogP contribution in [-0.2, 0) is 6.54 Å². The zero-order chi connectivity index (χ0) is 14.5. The first kappa shape index (κ1) is 15.0. The molecule has 2 N–H and O–H groups in total. The largest absolute Gasteiger partial charge is 0.396 e. The fourth-order valence-corrected chi connectivity index (χ4v) is 2.49. The van der Waals surface area contributed by atoms with Crippen molar-refractivity contribution in [1.82, 2.24) is 10.2 Å². The lowest BCUT2D eigenvalue weighted by atomic mass is 10.1. The van der Waals surface area contributed by atoms with Crippen LogP contribution < -0.4 is 5.32 Å². The van der Waals surface area contributed by atoms with E-state index in [0.717, 1.165) is 24.9 Å². The van der Waals surface area contributed by atoms with Crippen LogP contribution >= 0.6 is 0 Å². The molecule has 2 rings (SSSR count). The smallest absolute Gasteiger partial charge is 0.251 e. The van der Waals surface area contributed by atoms with Gasteiger partial charge in [-0.25, -0.2) is 0 Å². The number of nitrogens with zero attached hydrogens (tertiary/aromatic N) is 1. The van der Waals surface area contributed by atoms with Crippen LogP contribution in [0.5, 0.6) is 0 Å². The molecule has 1 saturated carbocycles. The molecule has 1 aliphatic carbocycles. The lowest BCUT2D eigenvalue weighted by Gasteiger charge is -2.17. The second-order valence-electron chi connectivity index (χ2n) is 5.87. The van der Waals surface area contributed by atoms with Crippen molar-refractivity contribution >= 4 is 5.91 Å². The molecule has 4 nitrogen and oxygen atoms in total. The molecule has 0 heterocycles. The molecule has 0 aliphatic heterocycles. The van der Waals surface area contributed by atoms with Gasteiger partial charge in [0.1, 0.15) is 0 Å². The first-order valence-corrected chi connectivity index (χ1v) is 7.25. The summed E-state index contributed by atoms with van der Waals surface area (Å²) in [7, 11) is 4.02. The number of carbonyl (C=O) groups excluding carboxylic acids is 1. The molecule has 1 aromatic carbocycles. The standard InChI is InChI=1S/C16H24N2O2/c1-18(2)11-12-4-3-5-14(10-12)16(20)17-15(8-9-19)13-6-7-13/h3-5,10,13,15,19H,6-9,11H2,1-2H3,(H,17,20). The zero-order valence-electron chi connectivity index (χ0n) is 12.3. The third kappa shape index (κ3) is 4.32. The summed E-state index contributed by atoms with van der Waals surface area (Å²) in [5.74, 6) is 0.520. The minimum Gasteiger partial charge on any atom is -0.396 e. The molecule has 20 heavy (non-hydrogen) atoms. The number of aliphatic hydroxyl groups excluding tert-OH is 1. The topological polar surface area (TPSA) is 52.6 Å². The van der Waals surface area contributed by atoms with Crippen LogP contribution in [0.25, 0.3) is 0 Å². The van der Waals surface area contributed by atoms with Gasteiger partial charge in [-0.2, -0.15) is 0 Å². The summed E-state index contributed by atoms with van der Waals surface area (Å²) in [4.78, 5) is 14.4. The number of amides is 1. The molecule has 4 heteroatoms. The van der Waals surface area contributed by atoms with Crippen LogP contribution in [0.15, 0.2) is 24.3 Å². The monoisotopic (exact) mass is 276 g/mol. The second kappa shape index (κ2) is 6.86. The summed E-state index contributed by atoms with van der Waals surface area (Å²) < 4.78 is 0. The van der Waals surface area contributed by atoms with Crippen molar-refractivity contribution in [3.63, 3.8) is 0 Å². The Bertz CT molecular complexity index is 456. The third-order valence-corrected chi connectivity index (χ3v) is 3.64. The first-order chi connectivity index (χ1) is 9.60. The molecule has 1 atom stereocenters. The molecule has 110 valence electrons. The van der Waals surface area contributed by atoms with Crippen molar-refractivity contribution in [2.75, 3.05) is 20.7 Å². The average Bonchev–Trinajstić information content (AvgIpc) is 3.22. The third-order valence-electron chi connectivity index (χ3n) is 3.64. The maximum atomic E-state index is 12.3. The van der Waals surface area contributed by atoms with E-state index in [0.29, 0.717) is 17.9 Å². The van der Waals surface area contributed by atoms with E-state index in [4.69, 9.17) is 5.11 Å². The molecule has 1 aromatic rings. The van der Waals surface area contributed by atoms with E-state index < -0.39 is 0 Å². The van der Waals surface area contributed by atoms with E-state index in [-0.39, 0.29) is 18.6 Å². The summed E-state index contributed by atoms with van der Waals surface area (Å²) in [6.45, 7) is 0.950. The minimum absolute atomic E-state index is 0.0315. The maximum absolute atomic E-state index is 12.3. The molecule has 1 fully saturated rings. The summed E-state index contributed by atoms with van der Waals surface area (Å²) in [6.07, 6.45) is 2.96. The maximum Gasteiger partial charge on any atom is 0.251 e. The Kier molecular flexibility index (Phi) is 5.15. The van der Waals surface area contributed by atoms with E-state index in [1.807, 2.05) is 38.4 Å². The van der Waals surface area contributed by atoms with E-state index in [2.05, 4.69) is 10.2 Å². The molecule has 1 aliphatic rings. The zero-order valence-corrected chi connectivity index (χ0v) is 12.3. The van der Waals surface area contributed by atoms with Crippen LogP contribution in [0.2, 0.25) is 0 Å². The number of carbonyl (C=O) groups is 1. The van der Waals surface area contributed by atoms with Gasteiger partial charge in [0, 0.05) is 24.8 Å². The highest BCUT2D eigenvalue weighted by molar-refractivity contribution is 5.94. The SMILES string of the molecule is CN(C)Cc1cccc(C(=O)NC(CCO)C2CC2)c1. The number of rotatable bonds is 7. The predicted molar refractivity (Wildman–Crippen MR) is 79.5 cm³/mol. The second-order valence-corrected chi connectivity index (χ2v) is 5.87. The van der Waals surface area contributed by atoms with Gasteiger partial charge in [-0.1, -0.05) is 12.1 Å². The Hall–Kier alpha value is -1.39. The Morgan fingerprint density at radius 1 is 1.45 bits per heavy atom. The number of nitrogens with one attached hydrogen (secondary N) is 1. The highest BCUT2D eigenvalue weighted by Gasteiger charge is 2.31. The molecule has 0 aromatic heterocycles. The van der Waals surface area contributed by atoms with Gasteiger partial charge >= 0.3 is 0 Å². The summed E-state index contributed by atoms with van der Waals surface area (Å²) in [5, 5.41) is 12.1. The van der Waals surface area contributed by atoms with Crippen molar-refractivity contribution in [3.05, 3.63) is 35.4 Å². The summed E-state index contributed by atoms with van der Waals surface area (Å²) >= 11 is 0. The van der Waals surface area contributed by atoms with Gasteiger partial charge in [-0.3, -0.25) is 4.79 Å². The van der Waals surface area contributed by atoms with Crippen molar-refractivity contribution < 1.29 is 9.90 Å². The lowest BCUT2D eigenvalue weighted by molar-refractivity contribution is 0.0924. The lowest BCUT2D eigenvalue weighted by Crippen LogP contribution is -2.37. The fourth-order valence-electron chi connectivity index (χ4n) is 2.49. The normalized spacial score (nSPS) is 16.2. The van der Waals surface area contributed by atoms with Crippen LogP contribution in [0.1, 0.15) is 35.2 Å². The van der Waals surface area contributed by atoms with Gasteiger partial charge in [0.2, 0.25) is 0 Å². The number of hydrogen-bond donors (Lipinski definition) is 2. The van der Waals surface area contributed by atoms with Crippen LogP contribution in [0.4, 0.5) is 0 Å². The van der Waals surface area contributed by atoms with Crippen molar-refractivity contribution in [2.24, 2.45) is 5.92 Å². The molecule has 0 spiro atoms. The molecule has 1 amide bonds. The number of benzene rings is 1. The first-order valence-electron chi connectivity index (χ1n) is 7.25. The van der Waals surface area contributed by atoms with Gasteiger partial charge < -0.3 is 15.3 Å². The highest BCUT2D eigenvalue weighted by Crippen LogP contribution is 2.34. The molecule has 1 unspecified atom stereocenters. The van der Waals surface area contributed by atoms with E-state index in [9.17, 15) is 4.79 Å². The van der Waals surface area contributed by atoms with Crippen LogP contribution in [0.3, 0.4) is 0 Å². The van der Waals surface area contributed by atoms with E-state index >= 15 is 0 Å². The predicted octanol–water partition coefficient (Wildman–Crippen LogP) is 1.64. The Labute approximate surface area is 120 Å². The molecular formula is C16H24N2O2. The van der Waals surface area contributed by atoms with Gasteiger partial charge in [0.25, 0.3) is 5.91 Å². The van der Waals surface area contributed by atoms with Crippen molar-refractivity contribution in [3.8, 4) is 0 Å². The van der Waals surface area contributed by atoms with Crippen molar-refractivity contribution in [2.45, 2.75) is 31.8 Å². The van der Waals surface area contributed by atoms with Gasteiger partial charge in [0.05, 0.1) is 0 Å². The van der Waals surface area contributed by atoms with Gasteiger partial charge in [-0.05, 0) is 57.0 Å². The average molecular weight is 276 g/mol. The summed E-state index contributed by atoms with van der Waals surface area (Å²) in [5.41, 5.74) is 1.83.